The third-order valence-corrected chi connectivity index (χ3v) is 4.72. The minimum atomic E-state index is -0.135. The van der Waals surface area contributed by atoms with Gasteiger partial charge in [0.1, 0.15) is 0 Å². The number of carbonyl (C=O) groups is 1. The summed E-state index contributed by atoms with van der Waals surface area (Å²) < 4.78 is 1.72. The maximum Gasteiger partial charge on any atom is 0.323 e. The van der Waals surface area contributed by atoms with Crippen LogP contribution in [0.2, 0.25) is 0 Å². The van der Waals surface area contributed by atoms with E-state index in [0.717, 1.165) is 17.7 Å². The number of benzene rings is 2. The van der Waals surface area contributed by atoms with Gasteiger partial charge >= 0.3 is 6.03 Å². The molecule has 0 bridgehead atoms. The summed E-state index contributed by atoms with van der Waals surface area (Å²) in [6, 6.07) is 20.1. The van der Waals surface area contributed by atoms with Gasteiger partial charge in [-0.2, -0.15) is 0 Å². The average molecular weight is 347 g/mol. The molecule has 1 aliphatic rings. The van der Waals surface area contributed by atoms with E-state index in [1.165, 1.54) is 0 Å². The van der Waals surface area contributed by atoms with Crippen molar-refractivity contribution in [2.45, 2.75) is 19.5 Å². The van der Waals surface area contributed by atoms with Gasteiger partial charge in [0.15, 0.2) is 5.82 Å². The Balaban J connectivity index is 1.41. The second-order valence-electron chi connectivity index (χ2n) is 6.70. The van der Waals surface area contributed by atoms with Gasteiger partial charge in [0.2, 0.25) is 0 Å². The summed E-state index contributed by atoms with van der Waals surface area (Å²) in [6.07, 6.45) is 1.76. The van der Waals surface area contributed by atoms with Crippen molar-refractivity contribution in [1.29, 1.82) is 0 Å². The fourth-order valence-electron chi connectivity index (χ4n) is 3.45. The molecule has 6 nitrogen and oxygen atoms in total. The molecule has 2 aromatic carbocycles. The minimum absolute atomic E-state index is 0.107. The first-order valence-corrected chi connectivity index (χ1v) is 8.77. The lowest BCUT2D eigenvalue weighted by molar-refractivity contribution is 0.0670. The number of nitrogens with one attached hydrogen (secondary N) is 1. The Morgan fingerprint density at radius 1 is 1.12 bits per heavy atom. The van der Waals surface area contributed by atoms with E-state index in [1.807, 2.05) is 53.4 Å². The Hall–Kier alpha value is -3.15. The summed E-state index contributed by atoms with van der Waals surface area (Å²) >= 11 is 0. The van der Waals surface area contributed by atoms with Gasteiger partial charge in [0.05, 0.1) is 18.8 Å². The number of hydrogen-bond donors (Lipinski definition) is 1. The van der Waals surface area contributed by atoms with Crippen molar-refractivity contribution >= 4 is 11.8 Å². The topological polar surface area (TPSA) is 63.1 Å². The average Bonchev–Trinajstić information content (AvgIpc) is 3.08. The zero-order chi connectivity index (χ0) is 17.9. The standard InChI is InChI=1S/C20H21N5O/c1-15-12-25(19(15)17-10-6-3-7-11-17)20(26)21-18-14-24(23-22-18)13-16-8-4-2-5-9-16/h2-11,14-15,19H,12-13H2,1H3,(H,21,26)/t15-,19-/m0/s1. The first-order chi connectivity index (χ1) is 12.7. The SMILES string of the molecule is C[C@H]1CN(C(=O)Nc2cn(Cc3ccccc3)nn2)[C@@H]1c1ccccc1. The molecule has 0 unspecified atom stereocenters. The second-order valence-corrected chi connectivity index (χ2v) is 6.70. The Bertz CT molecular complexity index is 877. The normalized spacial score (nSPS) is 19.0. The Labute approximate surface area is 152 Å². The number of rotatable bonds is 4. The zero-order valence-electron chi connectivity index (χ0n) is 14.6. The number of hydrogen-bond acceptors (Lipinski definition) is 3. The van der Waals surface area contributed by atoms with Crippen molar-refractivity contribution in [3.05, 3.63) is 78.0 Å². The molecule has 0 saturated carbocycles. The van der Waals surface area contributed by atoms with Gasteiger partial charge in [0.25, 0.3) is 0 Å². The molecule has 2 amide bonds. The van der Waals surface area contributed by atoms with Crippen molar-refractivity contribution in [1.82, 2.24) is 19.9 Å². The van der Waals surface area contributed by atoms with Crippen LogP contribution >= 0.6 is 0 Å². The number of aromatic nitrogens is 3. The van der Waals surface area contributed by atoms with Crippen molar-refractivity contribution in [3.63, 3.8) is 0 Å². The number of amides is 2. The van der Waals surface area contributed by atoms with Crippen LogP contribution in [-0.4, -0.2) is 32.5 Å². The summed E-state index contributed by atoms with van der Waals surface area (Å²) in [7, 11) is 0. The predicted octanol–water partition coefficient (Wildman–Crippen LogP) is 3.55. The highest BCUT2D eigenvalue weighted by Gasteiger charge is 2.40. The molecular weight excluding hydrogens is 326 g/mol. The predicted molar refractivity (Wildman–Crippen MR) is 99.6 cm³/mol. The highest BCUT2D eigenvalue weighted by atomic mass is 16.2. The lowest BCUT2D eigenvalue weighted by Gasteiger charge is -2.46. The lowest BCUT2D eigenvalue weighted by Crippen LogP contribution is -2.53. The summed E-state index contributed by atoms with van der Waals surface area (Å²) in [5.74, 6) is 0.911. The molecule has 3 aromatic rings. The molecule has 1 N–H and O–H groups in total. The third kappa shape index (κ3) is 3.31. The molecule has 6 heteroatoms. The van der Waals surface area contributed by atoms with E-state index in [9.17, 15) is 4.79 Å². The monoisotopic (exact) mass is 347 g/mol. The number of anilines is 1. The van der Waals surface area contributed by atoms with E-state index in [4.69, 9.17) is 0 Å². The third-order valence-electron chi connectivity index (χ3n) is 4.72. The van der Waals surface area contributed by atoms with E-state index in [2.05, 4.69) is 34.7 Å². The fourth-order valence-corrected chi connectivity index (χ4v) is 3.45. The number of urea groups is 1. The molecular formula is C20H21N5O. The molecule has 132 valence electrons. The molecule has 1 aromatic heterocycles. The van der Waals surface area contributed by atoms with Crippen molar-refractivity contribution in [2.24, 2.45) is 5.92 Å². The minimum Gasteiger partial charge on any atom is -0.317 e. The molecule has 1 aliphatic heterocycles. The summed E-state index contributed by atoms with van der Waals surface area (Å²) in [5, 5.41) is 11.0. The molecule has 1 saturated heterocycles. The Morgan fingerprint density at radius 3 is 2.50 bits per heavy atom. The largest absolute Gasteiger partial charge is 0.323 e. The van der Waals surface area contributed by atoms with Gasteiger partial charge in [-0.3, -0.25) is 5.32 Å². The van der Waals surface area contributed by atoms with Crippen molar-refractivity contribution in [2.75, 3.05) is 11.9 Å². The highest BCUT2D eigenvalue weighted by molar-refractivity contribution is 5.89. The summed E-state index contributed by atoms with van der Waals surface area (Å²) in [6.45, 7) is 3.53. The number of likely N-dealkylation sites (tertiary alicyclic amines) is 1. The van der Waals surface area contributed by atoms with Crippen LogP contribution in [0.1, 0.15) is 24.1 Å². The van der Waals surface area contributed by atoms with Gasteiger partial charge in [-0.15, -0.1) is 5.10 Å². The number of nitrogens with zero attached hydrogens (tertiary/aromatic N) is 4. The highest BCUT2D eigenvalue weighted by Crippen LogP contribution is 2.38. The molecule has 2 atom stereocenters. The van der Waals surface area contributed by atoms with Gasteiger partial charge in [-0.25, -0.2) is 9.48 Å². The molecule has 2 heterocycles. The van der Waals surface area contributed by atoms with Gasteiger partial charge in [-0.05, 0) is 17.0 Å². The van der Waals surface area contributed by atoms with Gasteiger partial charge < -0.3 is 4.90 Å². The van der Waals surface area contributed by atoms with Crippen LogP contribution in [0.25, 0.3) is 0 Å². The quantitative estimate of drug-likeness (QED) is 0.785. The van der Waals surface area contributed by atoms with Crippen molar-refractivity contribution < 1.29 is 4.79 Å². The lowest BCUT2D eigenvalue weighted by atomic mass is 9.85. The van der Waals surface area contributed by atoms with E-state index in [-0.39, 0.29) is 12.1 Å². The second kappa shape index (κ2) is 7.00. The van der Waals surface area contributed by atoms with Crippen LogP contribution in [0, 0.1) is 5.92 Å². The molecule has 26 heavy (non-hydrogen) atoms. The smallest absolute Gasteiger partial charge is 0.317 e. The molecule has 1 fully saturated rings. The van der Waals surface area contributed by atoms with Crippen LogP contribution in [0.4, 0.5) is 10.6 Å². The van der Waals surface area contributed by atoms with Crippen LogP contribution in [0.5, 0.6) is 0 Å². The molecule has 4 rings (SSSR count). The molecule has 0 radical (unpaired) electrons. The van der Waals surface area contributed by atoms with Crippen LogP contribution in [-0.2, 0) is 6.54 Å². The fraction of sp³-hybridized carbons (Fsp3) is 0.250. The number of carbonyl (C=O) groups excluding carboxylic acids is 1. The maximum absolute atomic E-state index is 12.6. The van der Waals surface area contributed by atoms with Crippen LogP contribution in [0.15, 0.2) is 66.9 Å². The van der Waals surface area contributed by atoms with E-state index in [1.54, 1.807) is 10.9 Å². The van der Waals surface area contributed by atoms with Crippen molar-refractivity contribution in [3.8, 4) is 0 Å². The maximum atomic E-state index is 12.6. The van der Waals surface area contributed by atoms with E-state index >= 15 is 0 Å². The Morgan fingerprint density at radius 2 is 1.81 bits per heavy atom. The molecule has 0 spiro atoms. The first-order valence-electron chi connectivity index (χ1n) is 8.77. The van der Waals surface area contributed by atoms with Gasteiger partial charge in [0, 0.05) is 6.54 Å². The Kier molecular flexibility index (Phi) is 4.39. The van der Waals surface area contributed by atoms with Gasteiger partial charge in [-0.1, -0.05) is 72.8 Å². The van der Waals surface area contributed by atoms with E-state index in [0.29, 0.717) is 18.3 Å². The summed E-state index contributed by atoms with van der Waals surface area (Å²) in [4.78, 5) is 14.5. The zero-order valence-corrected chi connectivity index (χ0v) is 14.6. The van der Waals surface area contributed by atoms with Crippen LogP contribution in [0.3, 0.4) is 0 Å². The first kappa shape index (κ1) is 16.3. The molecule has 0 aliphatic carbocycles. The summed E-state index contributed by atoms with van der Waals surface area (Å²) in [5.41, 5.74) is 2.30. The van der Waals surface area contributed by atoms with Crippen LogP contribution < -0.4 is 5.32 Å². The van der Waals surface area contributed by atoms with E-state index < -0.39 is 0 Å².